The van der Waals surface area contributed by atoms with E-state index in [1.165, 1.54) is 25.1 Å². The van der Waals surface area contributed by atoms with Crippen molar-refractivity contribution in [3.05, 3.63) is 28.8 Å². The lowest BCUT2D eigenvalue weighted by Gasteiger charge is -2.00. The minimum Gasteiger partial charge on any atom is -0.507 e. The molecule has 0 radical (unpaired) electrons. The maximum absolute atomic E-state index is 9.50. The Morgan fingerprint density at radius 2 is 2.18 bits per heavy atom. The van der Waals surface area contributed by atoms with Crippen molar-refractivity contribution in [3.63, 3.8) is 0 Å². The first-order chi connectivity index (χ1) is 8.24. The summed E-state index contributed by atoms with van der Waals surface area (Å²) in [5.41, 5.74) is 0.561. The summed E-state index contributed by atoms with van der Waals surface area (Å²) in [5, 5.41) is 13.9. The fourth-order valence-corrected chi connectivity index (χ4v) is 1.55. The van der Waals surface area contributed by atoms with E-state index in [1.54, 1.807) is 12.1 Å². The molecule has 1 aromatic rings. The van der Waals surface area contributed by atoms with Crippen molar-refractivity contribution in [3.8, 4) is 5.75 Å². The smallest absolute Gasteiger partial charge is 0.124 e. The summed E-state index contributed by atoms with van der Waals surface area (Å²) in [5.74, 6) is 0.146. The third-order valence-electron chi connectivity index (χ3n) is 2.35. The van der Waals surface area contributed by atoms with Crippen molar-refractivity contribution in [2.45, 2.75) is 32.6 Å². The molecule has 0 saturated heterocycles. The van der Waals surface area contributed by atoms with Crippen LogP contribution in [-0.4, -0.2) is 17.9 Å². The topological polar surface area (TPSA) is 41.8 Å². The molecule has 3 nitrogen and oxygen atoms in total. The number of hydrogen-bond donors (Lipinski definition) is 1. The summed E-state index contributed by atoms with van der Waals surface area (Å²) in [6, 6.07) is 4.80. The summed E-state index contributed by atoms with van der Waals surface area (Å²) in [7, 11) is 0. The van der Waals surface area contributed by atoms with E-state index >= 15 is 0 Å². The Morgan fingerprint density at radius 3 is 2.94 bits per heavy atom. The Bertz CT molecular complexity index is 366. The van der Waals surface area contributed by atoms with Crippen LogP contribution in [0.3, 0.4) is 0 Å². The van der Waals surface area contributed by atoms with Gasteiger partial charge < -0.3 is 9.94 Å². The lowest BCUT2D eigenvalue weighted by molar-refractivity contribution is 0.141. The quantitative estimate of drug-likeness (QED) is 0.455. The molecule has 0 unspecified atom stereocenters. The Hall–Kier alpha value is -1.22. The van der Waals surface area contributed by atoms with Gasteiger partial charge in [0.2, 0.25) is 0 Å². The number of nitrogens with zero attached hydrogens (tertiary/aromatic N) is 1. The molecule has 1 N–H and O–H groups in total. The van der Waals surface area contributed by atoms with Crippen molar-refractivity contribution in [2.75, 3.05) is 6.61 Å². The monoisotopic (exact) mass is 255 g/mol. The molecule has 1 aromatic carbocycles. The Balaban J connectivity index is 2.30. The highest BCUT2D eigenvalue weighted by Gasteiger charge is 1.98. The summed E-state index contributed by atoms with van der Waals surface area (Å²) in [6.07, 6.45) is 6.07. The number of phenols is 1. The highest BCUT2D eigenvalue weighted by molar-refractivity contribution is 6.30. The minimum atomic E-state index is 0.146. The normalized spacial score (nSPS) is 10.9. The van der Waals surface area contributed by atoms with Gasteiger partial charge in [-0.1, -0.05) is 36.5 Å². The van der Waals surface area contributed by atoms with E-state index in [9.17, 15) is 5.11 Å². The van der Waals surface area contributed by atoms with E-state index < -0.39 is 0 Å². The number of rotatable bonds is 7. The average molecular weight is 256 g/mol. The number of halogens is 1. The number of aromatic hydroxyl groups is 1. The largest absolute Gasteiger partial charge is 0.507 e. The third kappa shape index (κ3) is 5.59. The van der Waals surface area contributed by atoms with Gasteiger partial charge in [0.1, 0.15) is 12.4 Å². The first-order valence-corrected chi connectivity index (χ1v) is 6.25. The zero-order valence-corrected chi connectivity index (χ0v) is 10.8. The Labute approximate surface area is 107 Å². The summed E-state index contributed by atoms with van der Waals surface area (Å²) in [6.45, 7) is 2.78. The molecule has 17 heavy (non-hydrogen) atoms. The van der Waals surface area contributed by atoms with Crippen LogP contribution < -0.4 is 0 Å². The summed E-state index contributed by atoms with van der Waals surface area (Å²) < 4.78 is 0. The molecule has 1 rings (SSSR count). The fourth-order valence-electron chi connectivity index (χ4n) is 1.37. The number of phenolic OH excluding ortho intramolecular Hbond substituents is 1. The van der Waals surface area contributed by atoms with Crippen LogP contribution in [0.15, 0.2) is 23.4 Å². The molecular formula is C13H18ClNO2. The van der Waals surface area contributed by atoms with Crippen molar-refractivity contribution in [2.24, 2.45) is 5.16 Å². The van der Waals surface area contributed by atoms with Crippen LogP contribution in [-0.2, 0) is 4.84 Å². The van der Waals surface area contributed by atoms with Gasteiger partial charge in [-0.15, -0.1) is 0 Å². The van der Waals surface area contributed by atoms with Gasteiger partial charge in [-0.2, -0.15) is 0 Å². The lowest BCUT2D eigenvalue weighted by Crippen LogP contribution is -1.90. The van der Waals surface area contributed by atoms with Gasteiger partial charge >= 0.3 is 0 Å². The van der Waals surface area contributed by atoms with Crippen molar-refractivity contribution >= 4 is 17.8 Å². The minimum absolute atomic E-state index is 0.146. The SMILES string of the molecule is CCCCCCON=Cc1cc(Cl)ccc1O. The number of benzene rings is 1. The van der Waals surface area contributed by atoms with E-state index in [1.807, 2.05) is 0 Å². The van der Waals surface area contributed by atoms with E-state index in [2.05, 4.69) is 12.1 Å². The van der Waals surface area contributed by atoms with Gasteiger partial charge in [0.05, 0.1) is 6.21 Å². The molecule has 0 aromatic heterocycles. The molecule has 0 amide bonds. The molecule has 0 aliphatic rings. The van der Waals surface area contributed by atoms with Crippen molar-refractivity contribution in [1.29, 1.82) is 0 Å². The zero-order chi connectivity index (χ0) is 12.5. The summed E-state index contributed by atoms with van der Waals surface area (Å²) in [4.78, 5) is 5.09. The van der Waals surface area contributed by atoms with Crippen LogP contribution >= 0.6 is 11.6 Å². The van der Waals surface area contributed by atoms with E-state index in [-0.39, 0.29) is 5.75 Å². The molecule has 0 heterocycles. The molecule has 4 heteroatoms. The number of hydrogen-bond acceptors (Lipinski definition) is 3. The molecule has 0 spiro atoms. The van der Waals surface area contributed by atoms with Crippen LogP contribution in [0.2, 0.25) is 5.02 Å². The molecule has 0 fully saturated rings. The van der Waals surface area contributed by atoms with Crippen molar-refractivity contribution < 1.29 is 9.94 Å². The standard InChI is InChI=1S/C13H18ClNO2/c1-2-3-4-5-8-17-15-10-11-9-12(14)6-7-13(11)16/h6-7,9-10,16H,2-5,8H2,1H3. The second kappa shape index (κ2) is 7.96. The number of oxime groups is 1. The highest BCUT2D eigenvalue weighted by Crippen LogP contribution is 2.19. The van der Waals surface area contributed by atoms with E-state index in [0.29, 0.717) is 17.2 Å². The molecule has 0 atom stereocenters. The van der Waals surface area contributed by atoms with Gasteiger partial charge in [0.15, 0.2) is 0 Å². The maximum atomic E-state index is 9.50. The van der Waals surface area contributed by atoms with Gasteiger partial charge in [0, 0.05) is 10.6 Å². The van der Waals surface area contributed by atoms with Crippen LogP contribution in [0.4, 0.5) is 0 Å². The fraction of sp³-hybridized carbons (Fsp3) is 0.462. The van der Waals surface area contributed by atoms with Crippen molar-refractivity contribution in [1.82, 2.24) is 0 Å². The van der Waals surface area contributed by atoms with Gasteiger partial charge in [-0.05, 0) is 31.0 Å². The molecule has 0 saturated carbocycles. The molecule has 0 aliphatic heterocycles. The first-order valence-electron chi connectivity index (χ1n) is 5.88. The van der Waals surface area contributed by atoms with E-state index in [4.69, 9.17) is 16.4 Å². The van der Waals surface area contributed by atoms with Gasteiger partial charge in [-0.3, -0.25) is 0 Å². The van der Waals surface area contributed by atoms with Crippen LogP contribution in [0.25, 0.3) is 0 Å². The predicted molar refractivity (Wildman–Crippen MR) is 70.8 cm³/mol. The third-order valence-corrected chi connectivity index (χ3v) is 2.58. The van der Waals surface area contributed by atoms with Gasteiger partial charge in [-0.25, -0.2) is 0 Å². The Kier molecular flexibility index (Phi) is 6.48. The molecular weight excluding hydrogens is 238 g/mol. The zero-order valence-electron chi connectivity index (χ0n) is 10.0. The maximum Gasteiger partial charge on any atom is 0.124 e. The van der Waals surface area contributed by atoms with E-state index in [0.717, 1.165) is 12.8 Å². The predicted octanol–water partition coefficient (Wildman–Crippen LogP) is 3.98. The molecule has 94 valence electrons. The number of unbranched alkanes of at least 4 members (excludes halogenated alkanes) is 3. The first kappa shape index (κ1) is 13.8. The second-order valence-electron chi connectivity index (χ2n) is 3.83. The molecule has 0 aliphatic carbocycles. The van der Waals surface area contributed by atoms with Crippen LogP contribution in [0, 0.1) is 0 Å². The average Bonchev–Trinajstić information content (AvgIpc) is 2.32. The summed E-state index contributed by atoms with van der Waals surface area (Å²) >= 11 is 5.80. The Morgan fingerprint density at radius 1 is 1.35 bits per heavy atom. The van der Waals surface area contributed by atoms with Crippen LogP contribution in [0.1, 0.15) is 38.2 Å². The van der Waals surface area contributed by atoms with Crippen LogP contribution in [0.5, 0.6) is 5.75 Å². The van der Waals surface area contributed by atoms with Gasteiger partial charge in [0.25, 0.3) is 0 Å². The second-order valence-corrected chi connectivity index (χ2v) is 4.27. The lowest BCUT2D eigenvalue weighted by atomic mass is 10.2. The molecule has 0 bridgehead atoms. The highest BCUT2D eigenvalue weighted by atomic mass is 35.5.